The fourth-order valence-electron chi connectivity index (χ4n) is 3.98. The predicted molar refractivity (Wildman–Crippen MR) is 106 cm³/mol. The molecule has 1 aromatic heterocycles. The Hall–Kier alpha value is -1.78. The van der Waals surface area contributed by atoms with Crippen LogP contribution in [0.1, 0.15) is 33.1 Å². The predicted octanol–water partition coefficient (Wildman–Crippen LogP) is 1.97. The molecule has 0 spiro atoms. The van der Waals surface area contributed by atoms with Crippen LogP contribution in [0.15, 0.2) is 28.1 Å². The van der Waals surface area contributed by atoms with Crippen LogP contribution in [0.25, 0.3) is 11.0 Å². The fourth-order valence-corrected chi connectivity index (χ4v) is 5.76. The van der Waals surface area contributed by atoms with E-state index in [1.54, 1.807) is 12.1 Å². The van der Waals surface area contributed by atoms with Crippen LogP contribution in [0.2, 0.25) is 0 Å². The zero-order valence-electron chi connectivity index (χ0n) is 15.4. The molecular weight excluding hydrogens is 384 g/mol. The molecule has 1 aliphatic carbocycles. The molecule has 8 nitrogen and oxygen atoms in total. The zero-order chi connectivity index (χ0) is 19.0. The third kappa shape index (κ3) is 3.65. The molecule has 0 saturated heterocycles. The molecule has 4 rings (SSSR count). The van der Waals surface area contributed by atoms with E-state index in [2.05, 4.69) is 42.5 Å². The molecule has 146 valence electrons. The quantitative estimate of drug-likeness (QED) is 0.806. The maximum Gasteiger partial charge on any atom is 0.266 e. The number of hydrogen-bond donors (Lipinski definition) is 2. The van der Waals surface area contributed by atoms with Gasteiger partial charge in [-0.25, -0.2) is 18.1 Å². The van der Waals surface area contributed by atoms with E-state index in [9.17, 15) is 8.42 Å². The number of guanidine groups is 1. The second kappa shape index (κ2) is 7.33. The molecule has 3 atom stereocenters. The summed E-state index contributed by atoms with van der Waals surface area (Å²) < 4.78 is 36.3. The first-order valence-corrected chi connectivity index (χ1v) is 11.4. The highest BCUT2D eigenvalue weighted by molar-refractivity contribution is 7.90. The molecule has 2 N–H and O–H groups in total. The number of benzene rings is 1. The Balaban J connectivity index is 1.48. The van der Waals surface area contributed by atoms with Gasteiger partial charge in [0.25, 0.3) is 10.0 Å². The van der Waals surface area contributed by atoms with Gasteiger partial charge >= 0.3 is 0 Å². The molecule has 1 aliphatic heterocycles. The van der Waals surface area contributed by atoms with Gasteiger partial charge < -0.3 is 5.32 Å². The number of rotatable bonds is 3. The van der Waals surface area contributed by atoms with Crippen LogP contribution >= 0.6 is 11.7 Å². The van der Waals surface area contributed by atoms with Gasteiger partial charge in [0.1, 0.15) is 15.9 Å². The van der Waals surface area contributed by atoms with Crippen molar-refractivity contribution in [2.24, 2.45) is 16.8 Å². The van der Waals surface area contributed by atoms with E-state index in [1.807, 2.05) is 0 Å². The molecule has 0 amide bonds. The van der Waals surface area contributed by atoms with E-state index in [1.165, 1.54) is 25.3 Å². The first-order chi connectivity index (χ1) is 13.0. The second-order valence-corrected chi connectivity index (χ2v) is 9.58. The van der Waals surface area contributed by atoms with Crippen molar-refractivity contribution >= 4 is 38.7 Å². The summed E-state index contributed by atoms with van der Waals surface area (Å²) in [7, 11) is -3.78. The Morgan fingerprint density at radius 2 is 2.11 bits per heavy atom. The van der Waals surface area contributed by atoms with Crippen molar-refractivity contribution in [3.05, 3.63) is 18.2 Å². The van der Waals surface area contributed by atoms with Crippen LogP contribution in [0, 0.1) is 11.8 Å². The Morgan fingerprint density at radius 1 is 1.26 bits per heavy atom. The topological polar surface area (TPSA) is 99.6 Å². The molecule has 1 saturated carbocycles. The van der Waals surface area contributed by atoms with Crippen molar-refractivity contribution in [2.45, 2.75) is 44.0 Å². The molecule has 2 heterocycles. The number of nitrogens with zero attached hydrogens (tertiary/aromatic N) is 4. The summed E-state index contributed by atoms with van der Waals surface area (Å²) in [5, 5.41) is 3.12. The SMILES string of the molecule is C[C@H]1[C@H](N2CN=C(NS(=O)(=O)c3cccc4nsnc34)NC2)CCC[C@@H]1C. The third-order valence-electron chi connectivity index (χ3n) is 5.76. The van der Waals surface area contributed by atoms with E-state index in [0.29, 0.717) is 42.2 Å². The molecule has 0 radical (unpaired) electrons. The van der Waals surface area contributed by atoms with E-state index in [0.717, 1.165) is 11.7 Å². The van der Waals surface area contributed by atoms with Gasteiger partial charge in [0, 0.05) is 6.04 Å². The van der Waals surface area contributed by atoms with Gasteiger partial charge in [-0.3, -0.25) is 4.90 Å². The van der Waals surface area contributed by atoms with Crippen LogP contribution in [-0.2, 0) is 10.0 Å². The first-order valence-electron chi connectivity index (χ1n) is 9.22. The number of nitrogens with one attached hydrogen (secondary N) is 2. The maximum absolute atomic E-state index is 12.8. The van der Waals surface area contributed by atoms with Gasteiger partial charge in [-0.05, 0) is 30.4 Å². The van der Waals surface area contributed by atoms with Gasteiger partial charge in [-0.15, -0.1) is 0 Å². The number of hydrogen-bond acceptors (Lipinski definition) is 8. The van der Waals surface area contributed by atoms with Crippen LogP contribution in [0.4, 0.5) is 0 Å². The number of aliphatic imine (C=N–C) groups is 1. The molecular formula is C17H24N6O2S2. The minimum absolute atomic E-state index is 0.121. The maximum atomic E-state index is 12.8. The summed E-state index contributed by atoms with van der Waals surface area (Å²) in [4.78, 5) is 6.85. The Bertz CT molecular complexity index is 957. The Kier molecular flexibility index (Phi) is 5.04. The minimum atomic E-state index is -3.78. The Labute approximate surface area is 163 Å². The Morgan fingerprint density at radius 3 is 2.89 bits per heavy atom. The molecule has 27 heavy (non-hydrogen) atoms. The lowest BCUT2D eigenvalue weighted by Crippen LogP contribution is -2.55. The van der Waals surface area contributed by atoms with E-state index in [4.69, 9.17) is 0 Å². The molecule has 0 unspecified atom stereocenters. The van der Waals surface area contributed by atoms with Crippen LogP contribution in [0.5, 0.6) is 0 Å². The molecule has 0 bridgehead atoms. The van der Waals surface area contributed by atoms with Crippen molar-refractivity contribution in [1.82, 2.24) is 23.7 Å². The highest BCUT2D eigenvalue weighted by atomic mass is 32.2. The van der Waals surface area contributed by atoms with Gasteiger partial charge in [0.15, 0.2) is 0 Å². The zero-order valence-corrected chi connectivity index (χ0v) is 17.1. The lowest BCUT2D eigenvalue weighted by Gasteiger charge is -2.42. The lowest BCUT2D eigenvalue weighted by atomic mass is 9.77. The highest BCUT2D eigenvalue weighted by Crippen LogP contribution is 2.32. The smallest absolute Gasteiger partial charge is 0.266 e. The summed E-state index contributed by atoms with van der Waals surface area (Å²) in [6.07, 6.45) is 3.69. The molecule has 2 aromatic rings. The lowest BCUT2D eigenvalue weighted by molar-refractivity contribution is 0.0768. The normalized spacial score (nSPS) is 27.2. The van der Waals surface area contributed by atoms with Crippen molar-refractivity contribution in [1.29, 1.82) is 0 Å². The minimum Gasteiger partial charge on any atom is -0.343 e. The average Bonchev–Trinajstić information content (AvgIpc) is 3.13. The second-order valence-electron chi connectivity index (χ2n) is 7.40. The van der Waals surface area contributed by atoms with Crippen molar-refractivity contribution < 1.29 is 8.42 Å². The van der Waals surface area contributed by atoms with E-state index >= 15 is 0 Å². The van der Waals surface area contributed by atoms with Gasteiger partial charge in [-0.1, -0.05) is 32.8 Å². The monoisotopic (exact) mass is 408 g/mol. The number of fused-ring (bicyclic) bond motifs is 1. The van der Waals surface area contributed by atoms with Crippen molar-refractivity contribution in [3.63, 3.8) is 0 Å². The molecule has 10 heteroatoms. The van der Waals surface area contributed by atoms with Gasteiger partial charge in [0.2, 0.25) is 5.96 Å². The summed E-state index contributed by atoms with van der Waals surface area (Å²) in [5.41, 5.74) is 0.964. The van der Waals surface area contributed by atoms with Gasteiger partial charge in [0.05, 0.1) is 25.1 Å². The average molecular weight is 409 g/mol. The molecule has 2 aliphatic rings. The summed E-state index contributed by atoms with van der Waals surface area (Å²) >= 11 is 1.00. The van der Waals surface area contributed by atoms with Crippen LogP contribution in [-0.4, -0.2) is 47.4 Å². The van der Waals surface area contributed by atoms with Crippen molar-refractivity contribution in [3.8, 4) is 0 Å². The van der Waals surface area contributed by atoms with Gasteiger partial charge in [-0.2, -0.15) is 8.75 Å². The summed E-state index contributed by atoms with van der Waals surface area (Å²) in [5.74, 6) is 1.60. The largest absolute Gasteiger partial charge is 0.343 e. The van der Waals surface area contributed by atoms with Crippen LogP contribution in [0.3, 0.4) is 0 Å². The fraction of sp³-hybridized carbons (Fsp3) is 0.588. The molecule has 1 aromatic carbocycles. The summed E-state index contributed by atoms with van der Waals surface area (Å²) in [6, 6.07) is 5.44. The van der Waals surface area contributed by atoms with E-state index in [-0.39, 0.29) is 10.9 Å². The standard InChI is InChI=1S/C17H24N6O2S2/c1-11-5-3-7-14(12(11)2)23-9-18-17(19-10-23)22-27(24,25)15-8-4-6-13-16(15)21-26-20-13/h4,6,8,11-12,14H,3,5,7,9-10H2,1-2H3,(H2,18,19,22)/t11-,12+,14+/m0/s1. The third-order valence-corrected chi connectivity index (χ3v) is 7.68. The molecule has 1 fully saturated rings. The highest BCUT2D eigenvalue weighted by Gasteiger charge is 2.33. The van der Waals surface area contributed by atoms with Crippen LogP contribution < -0.4 is 10.0 Å². The van der Waals surface area contributed by atoms with Crippen molar-refractivity contribution in [2.75, 3.05) is 13.3 Å². The van der Waals surface area contributed by atoms with E-state index < -0.39 is 10.0 Å². The first kappa shape index (κ1) is 18.6. The summed E-state index contributed by atoms with van der Waals surface area (Å²) in [6.45, 7) is 5.70. The number of aromatic nitrogens is 2. The number of sulfonamides is 1.